The standard InChI is InChI=1S/C14H15ClFNOS/c1-2-17-8-10-6-7-11(19-10)9-18-13-5-3-4-12(15)14(13)16/h3-7,17H,2,8-9H2,1H3. The van der Waals surface area contributed by atoms with E-state index in [2.05, 4.69) is 18.3 Å². The van der Waals surface area contributed by atoms with Gasteiger partial charge in [-0.25, -0.2) is 4.39 Å². The molecular weight excluding hydrogens is 285 g/mol. The molecule has 2 nitrogen and oxygen atoms in total. The first-order valence-corrected chi connectivity index (χ1v) is 7.25. The fourth-order valence-corrected chi connectivity index (χ4v) is 2.65. The van der Waals surface area contributed by atoms with Gasteiger partial charge in [-0.2, -0.15) is 0 Å². The third kappa shape index (κ3) is 3.93. The van der Waals surface area contributed by atoms with E-state index in [1.54, 1.807) is 23.5 Å². The molecule has 0 radical (unpaired) electrons. The molecule has 0 unspecified atom stereocenters. The number of thiophene rings is 1. The number of rotatable bonds is 6. The number of ether oxygens (including phenoxy) is 1. The van der Waals surface area contributed by atoms with E-state index in [0.29, 0.717) is 6.61 Å². The first-order chi connectivity index (χ1) is 9.20. The average Bonchev–Trinajstić information content (AvgIpc) is 2.86. The predicted molar refractivity (Wildman–Crippen MR) is 77.4 cm³/mol. The van der Waals surface area contributed by atoms with Gasteiger partial charge < -0.3 is 10.1 Å². The molecule has 0 saturated heterocycles. The second-order valence-electron chi connectivity index (χ2n) is 3.99. The minimum Gasteiger partial charge on any atom is -0.485 e. The molecule has 0 aliphatic carbocycles. The van der Waals surface area contributed by atoms with E-state index in [-0.39, 0.29) is 10.8 Å². The average molecular weight is 300 g/mol. The van der Waals surface area contributed by atoms with Crippen molar-refractivity contribution in [3.05, 3.63) is 50.9 Å². The molecule has 2 aromatic rings. The lowest BCUT2D eigenvalue weighted by Crippen LogP contribution is -2.10. The molecule has 5 heteroatoms. The Hall–Kier alpha value is -1.10. The Morgan fingerprint density at radius 1 is 1.26 bits per heavy atom. The third-order valence-electron chi connectivity index (χ3n) is 2.55. The van der Waals surface area contributed by atoms with Crippen LogP contribution in [0.5, 0.6) is 5.75 Å². The molecule has 19 heavy (non-hydrogen) atoms. The Kier molecular flexibility index (Phi) is 5.19. The summed E-state index contributed by atoms with van der Waals surface area (Å²) >= 11 is 7.36. The van der Waals surface area contributed by atoms with Gasteiger partial charge in [0.05, 0.1) is 5.02 Å². The van der Waals surface area contributed by atoms with Crippen molar-refractivity contribution < 1.29 is 9.13 Å². The van der Waals surface area contributed by atoms with Crippen molar-refractivity contribution in [2.75, 3.05) is 6.54 Å². The van der Waals surface area contributed by atoms with Gasteiger partial charge in [0.1, 0.15) is 6.61 Å². The Morgan fingerprint density at radius 3 is 2.84 bits per heavy atom. The molecule has 0 amide bonds. The quantitative estimate of drug-likeness (QED) is 0.862. The van der Waals surface area contributed by atoms with E-state index in [1.165, 1.54) is 10.9 Å². The molecule has 1 aromatic heterocycles. The Balaban J connectivity index is 1.95. The van der Waals surface area contributed by atoms with Crippen LogP contribution in [-0.2, 0) is 13.2 Å². The van der Waals surface area contributed by atoms with E-state index in [4.69, 9.17) is 16.3 Å². The van der Waals surface area contributed by atoms with Gasteiger partial charge in [0, 0.05) is 16.3 Å². The highest BCUT2D eigenvalue weighted by atomic mass is 35.5. The summed E-state index contributed by atoms with van der Waals surface area (Å²) in [5, 5.41) is 3.34. The molecule has 0 spiro atoms. The second-order valence-corrected chi connectivity index (χ2v) is 5.65. The van der Waals surface area contributed by atoms with Gasteiger partial charge >= 0.3 is 0 Å². The minimum atomic E-state index is -0.506. The lowest BCUT2D eigenvalue weighted by molar-refractivity contribution is 0.293. The third-order valence-corrected chi connectivity index (χ3v) is 3.90. The maximum Gasteiger partial charge on any atom is 0.183 e. The first kappa shape index (κ1) is 14.3. The fourth-order valence-electron chi connectivity index (χ4n) is 1.59. The van der Waals surface area contributed by atoms with Crippen molar-refractivity contribution in [1.29, 1.82) is 0 Å². The molecule has 0 atom stereocenters. The molecule has 0 fully saturated rings. The van der Waals surface area contributed by atoms with E-state index in [0.717, 1.165) is 18.0 Å². The Labute approximate surface area is 121 Å². The highest BCUT2D eigenvalue weighted by molar-refractivity contribution is 7.11. The summed E-state index contributed by atoms with van der Waals surface area (Å²) in [5.41, 5.74) is 0. The normalized spacial score (nSPS) is 10.7. The predicted octanol–water partition coefficient (Wildman–Crippen LogP) is 4.23. The zero-order valence-electron chi connectivity index (χ0n) is 10.6. The van der Waals surface area contributed by atoms with Crippen molar-refractivity contribution in [3.63, 3.8) is 0 Å². The van der Waals surface area contributed by atoms with Crippen LogP contribution in [0, 0.1) is 5.82 Å². The van der Waals surface area contributed by atoms with E-state index in [9.17, 15) is 4.39 Å². The van der Waals surface area contributed by atoms with Crippen molar-refractivity contribution in [2.24, 2.45) is 0 Å². The van der Waals surface area contributed by atoms with Crippen LogP contribution in [0.2, 0.25) is 5.02 Å². The lowest BCUT2D eigenvalue weighted by atomic mass is 10.3. The van der Waals surface area contributed by atoms with Crippen LogP contribution in [0.15, 0.2) is 30.3 Å². The highest BCUT2D eigenvalue weighted by Crippen LogP contribution is 2.26. The van der Waals surface area contributed by atoms with Gasteiger partial charge in [0.15, 0.2) is 11.6 Å². The summed E-state index contributed by atoms with van der Waals surface area (Å²) in [5.74, 6) is -0.317. The Bertz CT molecular complexity index is 544. The monoisotopic (exact) mass is 299 g/mol. The maximum atomic E-state index is 13.6. The van der Waals surface area contributed by atoms with Gasteiger partial charge in [0.2, 0.25) is 0 Å². The summed E-state index contributed by atoms with van der Waals surface area (Å²) in [6.45, 7) is 4.22. The van der Waals surface area contributed by atoms with Gasteiger partial charge in [-0.3, -0.25) is 0 Å². The summed E-state index contributed by atoms with van der Waals surface area (Å²) in [6.07, 6.45) is 0. The largest absolute Gasteiger partial charge is 0.485 e. The fraction of sp³-hybridized carbons (Fsp3) is 0.286. The van der Waals surface area contributed by atoms with Crippen LogP contribution in [-0.4, -0.2) is 6.54 Å². The minimum absolute atomic E-state index is 0.0801. The van der Waals surface area contributed by atoms with Crippen LogP contribution in [0.25, 0.3) is 0 Å². The van der Waals surface area contributed by atoms with Crippen molar-refractivity contribution in [2.45, 2.75) is 20.1 Å². The SMILES string of the molecule is CCNCc1ccc(COc2cccc(Cl)c2F)s1. The van der Waals surface area contributed by atoms with Gasteiger partial charge in [0.25, 0.3) is 0 Å². The van der Waals surface area contributed by atoms with Crippen molar-refractivity contribution in [3.8, 4) is 5.75 Å². The smallest absolute Gasteiger partial charge is 0.183 e. The van der Waals surface area contributed by atoms with E-state index in [1.807, 2.05) is 6.07 Å². The number of hydrogen-bond donors (Lipinski definition) is 1. The summed E-state index contributed by atoms with van der Waals surface area (Å²) in [6, 6.07) is 8.81. The van der Waals surface area contributed by atoms with Crippen LogP contribution < -0.4 is 10.1 Å². The maximum absolute atomic E-state index is 13.6. The molecule has 0 aliphatic heterocycles. The summed E-state index contributed by atoms with van der Waals surface area (Å²) < 4.78 is 19.1. The van der Waals surface area contributed by atoms with E-state index >= 15 is 0 Å². The zero-order chi connectivity index (χ0) is 13.7. The Morgan fingerprint density at radius 2 is 2.05 bits per heavy atom. The van der Waals surface area contributed by atoms with Gasteiger partial charge in [-0.15, -0.1) is 11.3 Å². The molecule has 2 rings (SSSR count). The number of benzene rings is 1. The number of hydrogen-bond acceptors (Lipinski definition) is 3. The summed E-state index contributed by atoms with van der Waals surface area (Å²) in [7, 11) is 0. The number of nitrogens with one attached hydrogen (secondary N) is 1. The van der Waals surface area contributed by atoms with Crippen molar-refractivity contribution in [1.82, 2.24) is 5.32 Å². The molecule has 1 heterocycles. The second kappa shape index (κ2) is 6.89. The lowest BCUT2D eigenvalue weighted by Gasteiger charge is -2.06. The highest BCUT2D eigenvalue weighted by Gasteiger charge is 2.08. The summed E-state index contributed by atoms with van der Waals surface area (Å²) in [4.78, 5) is 2.30. The van der Waals surface area contributed by atoms with Crippen LogP contribution in [0.3, 0.4) is 0 Å². The topological polar surface area (TPSA) is 21.3 Å². The van der Waals surface area contributed by atoms with Gasteiger partial charge in [-0.05, 0) is 30.8 Å². The molecule has 1 N–H and O–H groups in total. The van der Waals surface area contributed by atoms with Crippen LogP contribution >= 0.6 is 22.9 Å². The zero-order valence-corrected chi connectivity index (χ0v) is 12.2. The van der Waals surface area contributed by atoms with Crippen LogP contribution in [0.1, 0.15) is 16.7 Å². The van der Waals surface area contributed by atoms with Gasteiger partial charge in [-0.1, -0.05) is 24.6 Å². The molecule has 1 aromatic carbocycles. The first-order valence-electron chi connectivity index (χ1n) is 6.06. The molecular formula is C14H15ClFNOS. The molecule has 0 saturated carbocycles. The molecule has 0 aliphatic rings. The van der Waals surface area contributed by atoms with Crippen molar-refractivity contribution >= 4 is 22.9 Å². The van der Waals surface area contributed by atoms with Crippen LogP contribution in [0.4, 0.5) is 4.39 Å². The molecule has 102 valence electrons. The van der Waals surface area contributed by atoms with E-state index < -0.39 is 5.82 Å². The molecule has 0 bridgehead atoms. The number of halogens is 2.